The van der Waals surface area contributed by atoms with E-state index >= 15 is 0 Å². The summed E-state index contributed by atoms with van der Waals surface area (Å²) in [6.07, 6.45) is 0.834. The average molecular weight is 404 g/mol. The summed E-state index contributed by atoms with van der Waals surface area (Å²) in [5, 5.41) is 5.20. The number of nitrogens with zero attached hydrogens (tertiary/aromatic N) is 1. The third-order valence-corrected chi connectivity index (χ3v) is 5.37. The molecule has 2 aromatic carbocycles. The molecule has 0 radical (unpaired) electrons. The van der Waals surface area contributed by atoms with Gasteiger partial charge >= 0.3 is 0 Å². The molecule has 27 heavy (non-hydrogen) atoms. The Balaban J connectivity index is 1.49. The molecular weight excluding hydrogens is 385 g/mol. The molecule has 0 saturated heterocycles. The molecule has 1 amide bonds. The smallest absolute Gasteiger partial charge is 0.238 e. The van der Waals surface area contributed by atoms with Gasteiger partial charge < -0.3 is 15.0 Å². The molecule has 1 aliphatic rings. The van der Waals surface area contributed by atoms with Crippen LogP contribution in [0.1, 0.15) is 11.3 Å². The molecule has 0 unspecified atom stereocenters. The molecule has 3 aromatic rings. The lowest BCUT2D eigenvalue weighted by Crippen LogP contribution is -2.37. The van der Waals surface area contributed by atoms with Crippen LogP contribution in [0.25, 0.3) is 10.9 Å². The summed E-state index contributed by atoms with van der Waals surface area (Å²) in [5.41, 5.74) is 4.08. The van der Waals surface area contributed by atoms with Gasteiger partial charge in [0.1, 0.15) is 5.75 Å². The summed E-state index contributed by atoms with van der Waals surface area (Å²) in [5.74, 6) is 0.665. The number of halogens is 2. The fourth-order valence-corrected chi connectivity index (χ4v) is 3.97. The lowest BCUT2D eigenvalue weighted by Gasteiger charge is -2.26. The predicted octanol–water partition coefficient (Wildman–Crippen LogP) is 4.48. The highest BCUT2D eigenvalue weighted by Crippen LogP contribution is 2.38. The highest BCUT2D eigenvalue weighted by atomic mass is 35.5. The van der Waals surface area contributed by atoms with Crippen molar-refractivity contribution >= 4 is 45.7 Å². The standard InChI is InChI=1S/C20H19Cl2N3O2/c1-27-20-15(22)6-7-16-19(20)14-8-9-25(10-17(14)24-16)11-18(26)23-13-4-2-12(21)3-5-13/h2-7,24H,8-11H2,1H3,(H,23,26). The van der Waals surface area contributed by atoms with Gasteiger partial charge in [-0.25, -0.2) is 0 Å². The maximum absolute atomic E-state index is 12.4. The second-order valence-corrected chi connectivity index (χ2v) is 7.44. The summed E-state index contributed by atoms with van der Waals surface area (Å²) in [6, 6.07) is 10.9. The first-order valence-electron chi connectivity index (χ1n) is 8.69. The van der Waals surface area contributed by atoms with Crippen LogP contribution in [0.5, 0.6) is 5.75 Å². The largest absolute Gasteiger partial charge is 0.494 e. The molecule has 0 saturated carbocycles. The number of anilines is 1. The molecule has 140 valence electrons. The third kappa shape index (κ3) is 3.63. The lowest BCUT2D eigenvalue weighted by atomic mass is 10.0. The Morgan fingerprint density at radius 2 is 2.00 bits per heavy atom. The number of rotatable bonds is 4. The van der Waals surface area contributed by atoms with E-state index in [1.165, 1.54) is 5.56 Å². The van der Waals surface area contributed by atoms with E-state index in [1.54, 1.807) is 31.4 Å². The molecule has 0 aliphatic carbocycles. The SMILES string of the molecule is COc1c(Cl)ccc2[nH]c3c(c12)CCN(CC(=O)Nc1ccc(Cl)cc1)C3. The molecule has 7 heteroatoms. The summed E-state index contributed by atoms with van der Waals surface area (Å²) >= 11 is 12.2. The van der Waals surface area contributed by atoms with E-state index in [-0.39, 0.29) is 5.91 Å². The van der Waals surface area contributed by atoms with Gasteiger partial charge in [0.15, 0.2) is 0 Å². The molecular formula is C20H19Cl2N3O2. The molecule has 1 aromatic heterocycles. The summed E-state index contributed by atoms with van der Waals surface area (Å²) in [6.45, 7) is 1.80. The Morgan fingerprint density at radius 1 is 1.22 bits per heavy atom. The number of amides is 1. The number of nitrogens with one attached hydrogen (secondary N) is 2. The van der Waals surface area contributed by atoms with E-state index < -0.39 is 0 Å². The maximum atomic E-state index is 12.4. The van der Waals surface area contributed by atoms with Crippen LogP contribution < -0.4 is 10.1 Å². The van der Waals surface area contributed by atoms with E-state index in [9.17, 15) is 4.79 Å². The van der Waals surface area contributed by atoms with Gasteiger partial charge in [-0.2, -0.15) is 0 Å². The molecule has 4 rings (SSSR count). The van der Waals surface area contributed by atoms with Gasteiger partial charge in [-0.1, -0.05) is 23.2 Å². The third-order valence-electron chi connectivity index (χ3n) is 4.82. The number of hydrogen-bond donors (Lipinski definition) is 2. The van der Waals surface area contributed by atoms with Gasteiger partial charge in [-0.3, -0.25) is 9.69 Å². The number of methoxy groups -OCH3 is 1. The lowest BCUT2D eigenvalue weighted by molar-refractivity contribution is -0.117. The van der Waals surface area contributed by atoms with Crippen LogP contribution in [0.3, 0.4) is 0 Å². The fourth-order valence-electron chi connectivity index (χ4n) is 3.60. The Bertz CT molecular complexity index is 999. The highest BCUT2D eigenvalue weighted by Gasteiger charge is 2.24. The van der Waals surface area contributed by atoms with Crippen LogP contribution in [0.15, 0.2) is 36.4 Å². The number of aromatic nitrogens is 1. The van der Waals surface area contributed by atoms with Crippen molar-refractivity contribution in [2.45, 2.75) is 13.0 Å². The normalized spacial score (nSPS) is 14.2. The minimum absolute atomic E-state index is 0.0440. The molecule has 0 fully saturated rings. The number of aromatic amines is 1. The molecule has 1 aliphatic heterocycles. The molecule has 5 nitrogen and oxygen atoms in total. The summed E-state index contributed by atoms with van der Waals surface area (Å²) in [4.78, 5) is 17.9. The predicted molar refractivity (Wildman–Crippen MR) is 109 cm³/mol. The minimum atomic E-state index is -0.0440. The number of carbonyl (C=O) groups is 1. The Hall–Kier alpha value is -2.21. The molecule has 0 spiro atoms. The van der Waals surface area contributed by atoms with Crippen LogP contribution in [-0.4, -0.2) is 36.0 Å². The van der Waals surface area contributed by atoms with Gasteiger partial charge in [0.2, 0.25) is 5.91 Å². The number of H-pyrrole nitrogens is 1. The Kier molecular flexibility index (Phi) is 5.00. The van der Waals surface area contributed by atoms with Crippen molar-refractivity contribution in [1.82, 2.24) is 9.88 Å². The number of fused-ring (bicyclic) bond motifs is 3. The monoisotopic (exact) mass is 403 g/mol. The Morgan fingerprint density at radius 3 is 2.74 bits per heavy atom. The van der Waals surface area contributed by atoms with Crippen LogP contribution >= 0.6 is 23.2 Å². The fraction of sp³-hybridized carbons (Fsp3) is 0.250. The highest BCUT2D eigenvalue weighted by molar-refractivity contribution is 6.33. The van der Waals surface area contributed by atoms with Gasteiger partial charge in [0.05, 0.1) is 18.7 Å². The van der Waals surface area contributed by atoms with Crippen molar-refractivity contribution < 1.29 is 9.53 Å². The molecule has 2 heterocycles. The van der Waals surface area contributed by atoms with Crippen molar-refractivity contribution in [2.24, 2.45) is 0 Å². The van der Waals surface area contributed by atoms with E-state index in [0.29, 0.717) is 28.9 Å². The number of carbonyl (C=O) groups excluding carboxylic acids is 1. The summed E-state index contributed by atoms with van der Waals surface area (Å²) in [7, 11) is 1.64. The van der Waals surface area contributed by atoms with Crippen LogP contribution in [-0.2, 0) is 17.8 Å². The zero-order chi connectivity index (χ0) is 19.0. The van der Waals surface area contributed by atoms with Gasteiger partial charge in [0.25, 0.3) is 0 Å². The second-order valence-electron chi connectivity index (χ2n) is 6.60. The topological polar surface area (TPSA) is 57.4 Å². The van der Waals surface area contributed by atoms with E-state index in [0.717, 1.165) is 35.2 Å². The van der Waals surface area contributed by atoms with E-state index in [2.05, 4.69) is 15.2 Å². The van der Waals surface area contributed by atoms with E-state index in [1.807, 2.05) is 12.1 Å². The number of ether oxygens (including phenoxy) is 1. The van der Waals surface area contributed by atoms with Crippen molar-refractivity contribution in [3.05, 3.63) is 57.7 Å². The van der Waals surface area contributed by atoms with Gasteiger partial charge in [-0.15, -0.1) is 0 Å². The molecule has 0 atom stereocenters. The zero-order valence-electron chi connectivity index (χ0n) is 14.8. The first-order chi connectivity index (χ1) is 13.0. The second kappa shape index (κ2) is 7.43. The maximum Gasteiger partial charge on any atom is 0.238 e. The van der Waals surface area contributed by atoms with Gasteiger partial charge in [0, 0.05) is 40.4 Å². The minimum Gasteiger partial charge on any atom is -0.494 e. The quantitative estimate of drug-likeness (QED) is 0.674. The Labute approximate surface area is 167 Å². The zero-order valence-corrected chi connectivity index (χ0v) is 16.3. The van der Waals surface area contributed by atoms with Crippen LogP contribution in [0.4, 0.5) is 5.69 Å². The van der Waals surface area contributed by atoms with Crippen LogP contribution in [0, 0.1) is 0 Å². The van der Waals surface area contributed by atoms with Crippen molar-refractivity contribution in [2.75, 3.05) is 25.5 Å². The average Bonchev–Trinajstić information content (AvgIpc) is 3.01. The summed E-state index contributed by atoms with van der Waals surface area (Å²) < 4.78 is 5.51. The first-order valence-corrected chi connectivity index (χ1v) is 9.44. The molecule has 2 N–H and O–H groups in total. The van der Waals surface area contributed by atoms with Crippen LogP contribution in [0.2, 0.25) is 10.0 Å². The molecule has 0 bridgehead atoms. The van der Waals surface area contributed by atoms with Crippen molar-refractivity contribution in [3.8, 4) is 5.75 Å². The van der Waals surface area contributed by atoms with Crippen molar-refractivity contribution in [1.29, 1.82) is 0 Å². The van der Waals surface area contributed by atoms with E-state index in [4.69, 9.17) is 27.9 Å². The number of benzene rings is 2. The first kappa shape index (κ1) is 18.2. The van der Waals surface area contributed by atoms with Crippen molar-refractivity contribution in [3.63, 3.8) is 0 Å². The number of hydrogen-bond acceptors (Lipinski definition) is 3. The van der Waals surface area contributed by atoms with Gasteiger partial charge in [-0.05, 0) is 48.4 Å².